The second-order valence-corrected chi connectivity index (χ2v) is 3.90. The van der Waals surface area contributed by atoms with E-state index in [1.165, 1.54) is 14.2 Å². The molecule has 0 aromatic carbocycles. The first-order chi connectivity index (χ1) is 8.21. The number of aromatic nitrogens is 3. The molecule has 1 saturated carbocycles. The monoisotopic (exact) mass is 240 g/mol. The molecule has 0 aliphatic heterocycles. The second-order valence-electron chi connectivity index (χ2n) is 3.90. The molecule has 2 unspecified atom stereocenters. The van der Waals surface area contributed by atoms with Gasteiger partial charge in [0.2, 0.25) is 0 Å². The van der Waals surface area contributed by atoms with E-state index in [0.29, 0.717) is 0 Å². The van der Waals surface area contributed by atoms with Crippen molar-refractivity contribution in [2.75, 3.05) is 14.2 Å². The van der Waals surface area contributed by atoms with Crippen LogP contribution in [-0.4, -0.2) is 41.3 Å². The van der Waals surface area contributed by atoms with Gasteiger partial charge in [-0.2, -0.15) is 0 Å². The number of rotatable bonds is 4. The van der Waals surface area contributed by atoms with E-state index in [0.717, 1.165) is 19.3 Å². The highest BCUT2D eigenvalue weighted by Gasteiger charge is 2.24. The van der Waals surface area contributed by atoms with Gasteiger partial charge >= 0.3 is 18.0 Å². The maximum atomic E-state index is 5.81. The van der Waals surface area contributed by atoms with Crippen LogP contribution in [0.5, 0.6) is 18.0 Å². The van der Waals surface area contributed by atoms with Crippen molar-refractivity contribution in [1.82, 2.24) is 15.0 Å². The van der Waals surface area contributed by atoms with E-state index in [1.807, 2.05) is 0 Å². The lowest BCUT2D eigenvalue weighted by atomic mass is 10.3. The van der Waals surface area contributed by atoms with E-state index in [2.05, 4.69) is 15.0 Å². The predicted molar refractivity (Wildman–Crippen MR) is 59.2 cm³/mol. The molecule has 0 amide bonds. The molecule has 1 heterocycles. The lowest BCUT2D eigenvalue weighted by molar-refractivity contribution is 0.183. The fraction of sp³-hybridized carbons (Fsp3) is 0.700. The average Bonchev–Trinajstić information content (AvgIpc) is 2.74. The number of methoxy groups -OCH3 is 2. The van der Waals surface area contributed by atoms with Gasteiger partial charge in [-0.1, -0.05) is 0 Å². The van der Waals surface area contributed by atoms with Crippen LogP contribution >= 0.6 is 0 Å². The summed E-state index contributed by atoms with van der Waals surface area (Å²) in [7, 11) is 2.95. The molecule has 1 aliphatic rings. The van der Waals surface area contributed by atoms with Crippen molar-refractivity contribution in [2.45, 2.75) is 31.4 Å². The molecule has 0 spiro atoms. The summed E-state index contributed by atoms with van der Waals surface area (Å²) in [6, 6.07) is 0.765. The minimum absolute atomic E-state index is 0.0572. The van der Waals surface area contributed by atoms with Gasteiger partial charge in [-0.05, 0) is 19.3 Å². The highest BCUT2D eigenvalue weighted by atomic mass is 16.5. The fourth-order valence-corrected chi connectivity index (χ4v) is 1.79. The fourth-order valence-electron chi connectivity index (χ4n) is 1.79. The second kappa shape index (κ2) is 5.13. The molecule has 1 fully saturated rings. The van der Waals surface area contributed by atoms with Crippen molar-refractivity contribution in [3.05, 3.63) is 0 Å². The Hall–Kier alpha value is -1.63. The zero-order valence-electron chi connectivity index (χ0n) is 9.92. The molecule has 0 radical (unpaired) electrons. The summed E-state index contributed by atoms with van der Waals surface area (Å²) >= 11 is 0. The van der Waals surface area contributed by atoms with Gasteiger partial charge in [-0.3, -0.25) is 0 Å². The van der Waals surface area contributed by atoms with Crippen LogP contribution in [0, 0.1) is 0 Å². The van der Waals surface area contributed by atoms with Gasteiger partial charge in [0.15, 0.2) is 0 Å². The number of hydrogen-bond acceptors (Lipinski definition) is 7. The standard InChI is InChI=1S/C10H16N4O3/c1-15-8-12-9(16-2)14-10(13-8)17-7-4-3-6(11)5-7/h6-7H,3-5,11H2,1-2H3. The zero-order chi connectivity index (χ0) is 12.3. The number of ether oxygens (including phenoxy) is 3. The molecule has 2 rings (SSSR count). The summed E-state index contributed by atoms with van der Waals surface area (Å²) in [5, 5.41) is 0. The smallest absolute Gasteiger partial charge is 0.326 e. The maximum Gasteiger partial charge on any atom is 0.326 e. The summed E-state index contributed by atoms with van der Waals surface area (Å²) in [5.41, 5.74) is 5.81. The van der Waals surface area contributed by atoms with Crippen LogP contribution in [0.25, 0.3) is 0 Å². The van der Waals surface area contributed by atoms with Crippen LogP contribution in [0.4, 0.5) is 0 Å². The van der Waals surface area contributed by atoms with Crippen molar-refractivity contribution in [3.8, 4) is 18.0 Å². The largest absolute Gasteiger partial charge is 0.467 e. The van der Waals surface area contributed by atoms with Gasteiger partial charge in [-0.15, -0.1) is 15.0 Å². The van der Waals surface area contributed by atoms with Crippen LogP contribution in [0.3, 0.4) is 0 Å². The molecule has 17 heavy (non-hydrogen) atoms. The predicted octanol–water partition coefficient (Wildman–Crippen LogP) is 0.147. The normalized spacial score (nSPS) is 23.5. The van der Waals surface area contributed by atoms with Crippen molar-refractivity contribution in [1.29, 1.82) is 0 Å². The summed E-state index contributed by atoms with van der Waals surface area (Å²) in [5.74, 6) is 0. The van der Waals surface area contributed by atoms with Crippen LogP contribution in [0.15, 0.2) is 0 Å². The number of nitrogens with two attached hydrogens (primary N) is 1. The molecule has 1 aromatic rings. The van der Waals surface area contributed by atoms with E-state index in [-0.39, 0.29) is 30.2 Å². The van der Waals surface area contributed by atoms with Crippen LogP contribution < -0.4 is 19.9 Å². The molecular formula is C10H16N4O3. The van der Waals surface area contributed by atoms with Crippen molar-refractivity contribution >= 4 is 0 Å². The molecule has 2 atom stereocenters. The Kier molecular flexibility index (Phi) is 3.58. The molecule has 94 valence electrons. The summed E-state index contributed by atoms with van der Waals surface area (Å²) in [6.45, 7) is 0. The first-order valence-electron chi connectivity index (χ1n) is 5.47. The Morgan fingerprint density at radius 1 is 1.00 bits per heavy atom. The van der Waals surface area contributed by atoms with E-state index < -0.39 is 0 Å². The van der Waals surface area contributed by atoms with Crippen LogP contribution in [-0.2, 0) is 0 Å². The molecule has 0 bridgehead atoms. The van der Waals surface area contributed by atoms with Gasteiger partial charge in [0, 0.05) is 6.04 Å². The summed E-state index contributed by atoms with van der Waals surface area (Å²) < 4.78 is 15.5. The Balaban J connectivity index is 2.09. The molecule has 7 nitrogen and oxygen atoms in total. The zero-order valence-corrected chi connectivity index (χ0v) is 9.92. The van der Waals surface area contributed by atoms with Gasteiger partial charge in [0.1, 0.15) is 6.10 Å². The van der Waals surface area contributed by atoms with Gasteiger partial charge in [-0.25, -0.2) is 0 Å². The van der Waals surface area contributed by atoms with Gasteiger partial charge in [0.05, 0.1) is 14.2 Å². The SMILES string of the molecule is COc1nc(OC)nc(OC2CCC(N)C2)n1. The minimum Gasteiger partial charge on any atom is -0.467 e. The molecule has 1 aliphatic carbocycles. The first-order valence-corrected chi connectivity index (χ1v) is 5.47. The molecule has 1 aromatic heterocycles. The third-order valence-corrected chi connectivity index (χ3v) is 2.64. The lowest BCUT2D eigenvalue weighted by Gasteiger charge is -2.12. The van der Waals surface area contributed by atoms with Crippen LogP contribution in [0.1, 0.15) is 19.3 Å². The Morgan fingerprint density at radius 3 is 2.06 bits per heavy atom. The van der Waals surface area contributed by atoms with Gasteiger partial charge < -0.3 is 19.9 Å². The van der Waals surface area contributed by atoms with Crippen molar-refractivity contribution in [3.63, 3.8) is 0 Å². The summed E-state index contributed by atoms with van der Waals surface area (Å²) in [6.07, 6.45) is 2.75. The van der Waals surface area contributed by atoms with Gasteiger partial charge in [0.25, 0.3) is 0 Å². The quantitative estimate of drug-likeness (QED) is 0.800. The lowest BCUT2D eigenvalue weighted by Crippen LogP contribution is -2.20. The van der Waals surface area contributed by atoms with Crippen LogP contribution in [0.2, 0.25) is 0 Å². The molecule has 7 heteroatoms. The first kappa shape index (κ1) is 11.8. The Bertz CT molecular complexity index is 366. The molecule has 0 saturated heterocycles. The highest BCUT2D eigenvalue weighted by molar-refractivity contribution is 5.09. The topological polar surface area (TPSA) is 92.4 Å². The summed E-state index contributed by atoms with van der Waals surface area (Å²) in [4.78, 5) is 11.9. The third kappa shape index (κ3) is 2.94. The van der Waals surface area contributed by atoms with Crippen molar-refractivity contribution in [2.24, 2.45) is 5.73 Å². The number of nitrogens with zero attached hydrogens (tertiary/aromatic N) is 3. The maximum absolute atomic E-state index is 5.81. The van der Waals surface area contributed by atoms with E-state index in [9.17, 15) is 0 Å². The van der Waals surface area contributed by atoms with E-state index in [1.54, 1.807) is 0 Å². The Labute approximate surface area is 99.3 Å². The average molecular weight is 240 g/mol. The van der Waals surface area contributed by atoms with Crippen molar-refractivity contribution < 1.29 is 14.2 Å². The molecule has 2 N–H and O–H groups in total. The Morgan fingerprint density at radius 2 is 1.59 bits per heavy atom. The third-order valence-electron chi connectivity index (χ3n) is 2.64. The highest BCUT2D eigenvalue weighted by Crippen LogP contribution is 2.23. The number of hydrogen-bond donors (Lipinski definition) is 1. The molecular weight excluding hydrogens is 224 g/mol. The van der Waals surface area contributed by atoms with E-state index >= 15 is 0 Å². The van der Waals surface area contributed by atoms with E-state index in [4.69, 9.17) is 19.9 Å². The minimum atomic E-state index is 0.0572.